The minimum atomic E-state index is -0.255. The SMILES string of the molecule is CCC(=O)c1ccc(OCC(=O)Nc2ccnn2CC(C)C)cc1. The first-order valence-electron chi connectivity index (χ1n) is 8.07. The molecule has 0 unspecified atom stereocenters. The zero-order valence-corrected chi connectivity index (χ0v) is 14.3. The minimum Gasteiger partial charge on any atom is -0.484 e. The highest BCUT2D eigenvalue weighted by molar-refractivity contribution is 5.96. The minimum absolute atomic E-state index is 0.0812. The van der Waals surface area contributed by atoms with Crippen molar-refractivity contribution in [3.05, 3.63) is 42.1 Å². The molecule has 1 aromatic carbocycles. The molecule has 128 valence electrons. The third-order valence-electron chi connectivity index (χ3n) is 3.39. The Morgan fingerprint density at radius 3 is 2.54 bits per heavy atom. The molecule has 0 saturated carbocycles. The maximum Gasteiger partial charge on any atom is 0.263 e. The molecule has 0 atom stereocenters. The molecule has 0 aliphatic rings. The zero-order chi connectivity index (χ0) is 17.5. The van der Waals surface area contributed by atoms with E-state index in [-0.39, 0.29) is 18.3 Å². The fraction of sp³-hybridized carbons (Fsp3) is 0.389. The standard InChI is InChI=1S/C18H23N3O3/c1-4-16(22)14-5-7-15(8-6-14)24-12-18(23)20-17-9-10-19-21(17)11-13(2)3/h5-10,13H,4,11-12H2,1-3H3,(H,20,23). The lowest BCUT2D eigenvalue weighted by Gasteiger charge is -2.11. The lowest BCUT2D eigenvalue weighted by atomic mass is 10.1. The van der Waals surface area contributed by atoms with Gasteiger partial charge < -0.3 is 10.1 Å². The Hall–Kier alpha value is -2.63. The maximum absolute atomic E-state index is 12.0. The summed E-state index contributed by atoms with van der Waals surface area (Å²) in [5.41, 5.74) is 0.645. The molecule has 6 heteroatoms. The maximum atomic E-state index is 12.0. The normalized spacial score (nSPS) is 10.7. The van der Waals surface area contributed by atoms with Gasteiger partial charge in [0.2, 0.25) is 0 Å². The quantitative estimate of drug-likeness (QED) is 0.755. The van der Waals surface area contributed by atoms with Crippen LogP contribution in [0.15, 0.2) is 36.5 Å². The molecule has 0 fully saturated rings. The van der Waals surface area contributed by atoms with Gasteiger partial charge in [-0.25, -0.2) is 4.68 Å². The van der Waals surface area contributed by atoms with E-state index in [0.29, 0.717) is 29.5 Å². The smallest absolute Gasteiger partial charge is 0.263 e. The van der Waals surface area contributed by atoms with E-state index in [4.69, 9.17) is 4.74 Å². The number of nitrogens with zero attached hydrogens (tertiary/aromatic N) is 2. The largest absolute Gasteiger partial charge is 0.484 e. The van der Waals surface area contributed by atoms with Crippen LogP contribution in [0.3, 0.4) is 0 Å². The third-order valence-corrected chi connectivity index (χ3v) is 3.39. The molecule has 0 spiro atoms. The van der Waals surface area contributed by atoms with Crippen molar-refractivity contribution in [3.8, 4) is 5.75 Å². The number of nitrogens with one attached hydrogen (secondary N) is 1. The molecule has 24 heavy (non-hydrogen) atoms. The van der Waals surface area contributed by atoms with Crippen molar-refractivity contribution in [2.75, 3.05) is 11.9 Å². The van der Waals surface area contributed by atoms with Crippen molar-refractivity contribution in [3.63, 3.8) is 0 Å². The van der Waals surface area contributed by atoms with Gasteiger partial charge in [0.1, 0.15) is 11.6 Å². The monoisotopic (exact) mass is 329 g/mol. The highest BCUT2D eigenvalue weighted by atomic mass is 16.5. The molecule has 0 radical (unpaired) electrons. The Labute approximate surface area is 141 Å². The lowest BCUT2D eigenvalue weighted by Crippen LogP contribution is -2.22. The molecule has 0 saturated heterocycles. The zero-order valence-electron chi connectivity index (χ0n) is 14.3. The van der Waals surface area contributed by atoms with Crippen LogP contribution in [0.4, 0.5) is 5.82 Å². The van der Waals surface area contributed by atoms with Crippen molar-refractivity contribution >= 4 is 17.5 Å². The van der Waals surface area contributed by atoms with Gasteiger partial charge in [-0.2, -0.15) is 5.10 Å². The van der Waals surface area contributed by atoms with Crippen molar-refractivity contribution in [2.24, 2.45) is 5.92 Å². The average molecular weight is 329 g/mol. The van der Waals surface area contributed by atoms with Crippen LogP contribution >= 0.6 is 0 Å². The summed E-state index contributed by atoms with van der Waals surface area (Å²) in [6.45, 7) is 6.62. The Morgan fingerprint density at radius 2 is 1.92 bits per heavy atom. The van der Waals surface area contributed by atoms with Crippen LogP contribution < -0.4 is 10.1 Å². The summed E-state index contributed by atoms with van der Waals surface area (Å²) in [7, 11) is 0. The van der Waals surface area contributed by atoms with Crippen LogP contribution in [0, 0.1) is 5.92 Å². The van der Waals surface area contributed by atoms with Gasteiger partial charge >= 0.3 is 0 Å². The van der Waals surface area contributed by atoms with Crippen LogP contribution in [0.5, 0.6) is 5.75 Å². The number of benzene rings is 1. The van der Waals surface area contributed by atoms with E-state index in [1.165, 1.54) is 0 Å². The number of hydrogen-bond donors (Lipinski definition) is 1. The van der Waals surface area contributed by atoms with Crippen LogP contribution in [-0.2, 0) is 11.3 Å². The Kier molecular flexibility index (Phi) is 6.12. The molecule has 2 aromatic rings. The van der Waals surface area contributed by atoms with E-state index in [0.717, 1.165) is 6.54 Å². The third kappa shape index (κ3) is 4.94. The van der Waals surface area contributed by atoms with Gasteiger partial charge in [0.05, 0.1) is 6.20 Å². The van der Waals surface area contributed by atoms with Gasteiger partial charge in [0.15, 0.2) is 12.4 Å². The van der Waals surface area contributed by atoms with Gasteiger partial charge in [-0.3, -0.25) is 9.59 Å². The summed E-state index contributed by atoms with van der Waals surface area (Å²) < 4.78 is 7.21. The first kappa shape index (κ1) is 17.7. The van der Waals surface area contributed by atoms with Crippen LogP contribution in [0.25, 0.3) is 0 Å². The van der Waals surface area contributed by atoms with Gasteiger partial charge in [-0.15, -0.1) is 0 Å². The predicted molar refractivity (Wildman–Crippen MR) is 92.3 cm³/mol. The number of anilines is 1. The number of aromatic nitrogens is 2. The van der Waals surface area contributed by atoms with Gasteiger partial charge in [-0.1, -0.05) is 20.8 Å². The van der Waals surface area contributed by atoms with Gasteiger partial charge in [0, 0.05) is 24.6 Å². The fourth-order valence-electron chi connectivity index (χ4n) is 2.20. The number of rotatable bonds is 8. The first-order chi connectivity index (χ1) is 11.5. The van der Waals surface area contributed by atoms with Crippen LogP contribution in [-0.4, -0.2) is 28.1 Å². The van der Waals surface area contributed by atoms with Gasteiger partial charge in [-0.05, 0) is 30.2 Å². The van der Waals surface area contributed by atoms with Crippen LogP contribution in [0.2, 0.25) is 0 Å². The molecule has 1 heterocycles. The van der Waals surface area contributed by atoms with E-state index < -0.39 is 0 Å². The summed E-state index contributed by atoms with van der Waals surface area (Å²) in [4.78, 5) is 23.6. The number of ketones is 1. The molecule has 6 nitrogen and oxygen atoms in total. The molecular weight excluding hydrogens is 306 g/mol. The fourth-order valence-corrected chi connectivity index (χ4v) is 2.20. The first-order valence-corrected chi connectivity index (χ1v) is 8.07. The second kappa shape index (κ2) is 8.29. The van der Waals surface area contributed by atoms with E-state index in [1.54, 1.807) is 41.2 Å². The molecule has 1 N–H and O–H groups in total. The number of hydrogen-bond acceptors (Lipinski definition) is 4. The second-order valence-electron chi connectivity index (χ2n) is 5.93. The predicted octanol–water partition coefficient (Wildman–Crippen LogP) is 3.15. The summed E-state index contributed by atoms with van der Waals surface area (Å²) in [6.07, 6.45) is 2.12. The van der Waals surface area contributed by atoms with Crippen molar-refractivity contribution in [1.29, 1.82) is 0 Å². The van der Waals surface area contributed by atoms with Gasteiger partial charge in [0.25, 0.3) is 5.91 Å². The Morgan fingerprint density at radius 1 is 1.21 bits per heavy atom. The molecular formula is C18H23N3O3. The molecule has 0 bridgehead atoms. The number of amides is 1. The molecule has 0 aliphatic carbocycles. The summed E-state index contributed by atoms with van der Waals surface area (Å²) >= 11 is 0. The van der Waals surface area contributed by atoms with Crippen LogP contribution in [0.1, 0.15) is 37.6 Å². The number of ether oxygens (including phenoxy) is 1. The molecule has 1 amide bonds. The molecule has 0 aliphatic heterocycles. The number of carbonyl (C=O) groups is 2. The Bertz CT molecular complexity index is 690. The topological polar surface area (TPSA) is 73.2 Å². The van der Waals surface area contributed by atoms with E-state index in [1.807, 2.05) is 6.92 Å². The van der Waals surface area contributed by atoms with Crippen molar-refractivity contribution in [1.82, 2.24) is 9.78 Å². The summed E-state index contributed by atoms with van der Waals surface area (Å²) in [5, 5.41) is 6.98. The molecule has 1 aromatic heterocycles. The highest BCUT2D eigenvalue weighted by Gasteiger charge is 2.09. The Balaban J connectivity index is 1.87. The van der Waals surface area contributed by atoms with Crippen molar-refractivity contribution < 1.29 is 14.3 Å². The molecule has 2 rings (SSSR count). The van der Waals surface area contributed by atoms with E-state index in [9.17, 15) is 9.59 Å². The average Bonchev–Trinajstić information content (AvgIpc) is 2.98. The van der Waals surface area contributed by atoms with Crippen molar-refractivity contribution in [2.45, 2.75) is 33.7 Å². The number of carbonyl (C=O) groups excluding carboxylic acids is 2. The number of Topliss-reactive ketones (excluding diaryl/α,β-unsaturated/α-hetero) is 1. The summed E-state index contributed by atoms with van der Waals surface area (Å²) in [5.74, 6) is 1.46. The lowest BCUT2D eigenvalue weighted by molar-refractivity contribution is -0.118. The van der Waals surface area contributed by atoms with E-state index in [2.05, 4.69) is 24.3 Å². The highest BCUT2D eigenvalue weighted by Crippen LogP contribution is 2.14. The second-order valence-corrected chi connectivity index (χ2v) is 5.93. The summed E-state index contributed by atoms with van der Waals surface area (Å²) in [6, 6.07) is 8.55. The van der Waals surface area contributed by atoms with E-state index >= 15 is 0 Å².